The summed E-state index contributed by atoms with van der Waals surface area (Å²) in [5, 5.41) is 5.28. The van der Waals surface area contributed by atoms with Gasteiger partial charge in [-0.2, -0.15) is 0 Å². The van der Waals surface area contributed by atoms with Crippen LogP contribution in [0.15, 0.2) is 206 Å². The highest BCUT2D eigenvalue weighted by molar-refractivity contribution is 7.27. The lowest BCUT2D eigenvalue weighted by atomic mass is 9.67. The van der Waals surface area contributed by atoms with Gasteiger partial charge in [-0.15, -0.1) is 11.3 Å². The first-order valence-corrected chi connectivity index (χ1v) is 22.8. The summed E-state index contributed by atoms with van der Waals surface area (Å²) >= 11 is 1.92. The number of hydrogen-bond acceptors (Lipinski definition) is 2. The molecule has 292 valence electrons. The van der Waals surface area contributed by atoms with Gasteiger partial charge in [0.2, 0.25) is 0 Å². The van der Waals surface area contributed by atoms with Crippen molar-refractivity contribution in [1.82, 2.24) is 0 Å². The molecule has 10 aromatic rings. The minimum atomic E-state index is -0.473. The molecule has 2 aliphatic rings. The Bertz CT molecular complexity index is 3170. The third kappa shape index (κ3) is 5.81. The first-order valence-electron chi connectivity index (χ1n) is 21.9. The van der Waals surface area contributed by atoms with Crippen LogP contribution < -0.4 is 4.90 Å². The van der Waals surface area contributed by atoms with Gasteiger partial charge < -0.3 is 4.90 Å². The summed E-state index contributed by atoms with van der Waals surface area (Å²) in [6.07, 6.45) is 6.61. The van der Waals surface area contributed by atoms with E-state index >= 15 is 0 Å². The van der Waals surface area contributed by atoms with E-state index in [0.717, 1.165) is 11.4 Å². The fraction of sp³-hybridized carbons (Fsp3) is 0.119. The summed E-state index contributed by atoms with van der Waals surface area (Å²) in [6, 6.07) is 77.5. The maximum atomic E-state index is 2.49. The molecular formula is C59H45NS. The topological polar surface area (TPSA) is 3.24 Å². The Morgan fingerprint density at radius 2 is 1.00 bits per heavy atom. The highest BCUT2D eigenvalue weighted by atomic mass is 32.1. The number of rotatable bonds is 7. The van der Waals surface area contributed by atoms with Crippen LogP contribution >= 0.6 is 11.3 Å². The van der Waals surface area contributed by atoms with E-state index in [1.165, 1.54) is 119 Å². The number of benzene rings is 9. The first-order chi connectivity index (χ1) is 30.3. The number of fused-ring (bicyclic) bond motifs is 8. The quantitative estimate of drug-likeness (QED) is 0.155. The number of nitrogens with zero attached hydrogens (tertiary/aromatic N) is 1. The molecule has 0 radical (unpaired) electrons. The molecule has 12 rings (SSSR count). The zero-order chi connectivity index (χ0) is 40.3. The van der Waals surface area contributed by atoms with Crippen molar-refractivity contribution in [2.75, 3.05) is 4.90 Å². The predicted octanol–water partition coefficient (Wildman–Crippen LogP) is 16.8. The van der Waals surface area contributed by atoms with Crippen molar-refractivity contribution in [3.8, 4) is 22.3 Å². The molecule has 9 aromatic carbocycles. The van der Waals surface area contributed by atoms with Crippen LogP contribution in [0, 0.1) is 0 Å². The van der Waals surface area contributed by atoms with Crippen molar-refractivity contribution in [1.29, 1.82) is 0 Å². The third-order valence-electron chi connectivity index (χ3n) is 13.8. The molecule has 1 fully saturated rings. The standard InChI is InChI=1S/C59H45NS/c1-4-15-40(16-5-1)41-27-32-46(33-28-41)60(47-34-29-43(30-35-47)50-24-14-25-53-54-37-31-42-17-10-11-22-49(42)58(54)61-57(50)53)48-36-38-52-51-23-12-13-26-55(51)59(56(52)39-48,44-18-6-2-7-19-44)45-20-8-3-9-21-45/h2-3,6-14,17-40H,1,4-5,15-16H2. The highest BCUT2D eigenvalue weighted by Crippen LogP contribution is 2.57. The Morgan fingerprint density at radius 1 is 0.410 bits per heavy atom. The van der Waals surface area contributed by atoms with E-state index in [0.29, 0.717) is 5.92 Å². The van der Waals surface area contributed by atoms with E-state index in [2.05, 4.69) is 211 Å². The minimum absolute atomic E-state index is 0.473. The average molecular weight is 800 g/mol. The van der Waals surface area contributed by atoms with E-state index in [1.807, 2.05) is 11.3 Å². The lowest BCUT2D eigenvalue weighted by molar-refractivity contribution is 0.443. The van der Waals surface area contributed by atoms with Gasteiger partial charge in [0.15, 0.2) is 0 Å². The molecule has 0 aliphatic heterocycles. The molecule has 1 heterocycles. The molecular weight excluding hydrogens is 755 g/mol. The van der Waals surface area contributed by atoms with Gasteiger partial charge in [0, 0.05) is 37.2 Å². The Hall–Kier alpha value is -6.74. The van der Waals surface area contributed by atoms with Gasteiger partial charge in [-0.05, 0) is 116 Å². The second-order valence-corrected chi connectivity index (χ2v) is 18.0. The zero-order valence-corrected chi connectivity index (χ0v) is 34.9. The third-order valence-corrected chi connectivity index (χ3v) is 15.0. The summed E-state index contributed by atoms with van der Waals surface area (Å²) in [6.45, 7) is 0. The van der Waals surface area contributed by atoms with Crippen molar-refractivity contribution < 1.29 is 0 Å². The maximum absolute atomic E-state index is 2.49. The van der Waals surface area contributed by atoms with E-state index in [1.54, 1.807) is 0 Å². The molecule has 0 atom stereocenters. The Labute approximate surface area is 362 Å². The monoisotopic (exact) mass is 799 g/mol. The van der Waals surface area contributed by atoms with Crippen molar-refractivity contribution >= 4 is 59.3 Å². The zero-order valence-electron chi connectivity index (χ0n) is 34.1. The van der Waals surface area contributed by atoms with Crippen molar-refractivity contribution in [3.63, 3.8) is 0 Å². The van der Waals surface area contributed by atoms with Gasteiger partial charge >= 0.3 is 0 Å². The van der Waals surface area contributed by atoms with Gasteiger partial charge in [-0.3, -0.25) is 0 Å². The number of anilines is 3. The number of thiophene rings is 1. The van der Waals surface area contributed by atoms with Crippen LogP contribution in [0.4, 0.5) is 17.1 Å². The molecule has 1 nitrogen and oxygen atoms in total. The normalized spacial score (nSPS) is 14.6. The summed E-state index contributed by atoms with van der Waals surface area (Å²) in [7, 11) is 0. The van der Waals surface area contributed by atoms with Crippen molar-refractivity contribution in [2.24, 2.45) is 0 Å². The fourth-order valence-corrected chi connectivity index (χ4v) is 12.3. The predicted molar refractivity (Wildman–Crippen MR) is 260 cm³/mol. The molecule has 0 N–H and O–H groups in total. The van der Waals surface area contributed by atoms with Crippen LogP contribution in [-0.2, 0) is 5.41 Å². The van der Waals surface area contributed by atoms with Crippen molar-refractivity contribution in [2.45, 2.75) is 43.4 Å². The molecule has 61 heavy (non-hydrogen) atoms. The minimum Gasteiger partial charge on any atom is -0.310 e. The Kier molecular flexibility index (Phi) is 8.75. The van der Waals surface area contributed by atoms with E-state index in [9.17, 15) is 0 Å². The summed E-state index contributed by atoms with van der Waals surface area (Å²) in [4.78, 5) is 2.48. The van der Waals surface area contributed by atoms with Gasteiger partial charge in [0.25, 0.3) is 0 Å². The largest absolute Gasteiger partial charge is 0.310 e. The molecule has 2 heteroatoms. The Balaban J connectivity index is 1.02. The molecule has 1 saturated carbocycles. The summed E-state index contributed by atoms with van der Waals surface area (Å²) in [5.41, 5.74) is 14.8. The van der Waals surface area contributed by atoms with Gasteiger partial charge in [0.05, 0.1) is 5.41 Å². The molecule has 0 saturated heterocycles. The van der Waals surface area contributed by atoms with E-state index in [4.69, 9.17) is 0 Å². The number of hydrogen-bond donors (Lipinski definition) is 0. The SMILES string of the molecule is c1ccc(C2(c3ccccc3)c3ccccc3-c3ccc(N(c4ccc(-c5cccc6c5sc5c7ccccc7ccc65)cc4)c4ccc(C5CCCCC5)cc4)cc32)cc1. The van der Waals surface area contributed by atoms with Gasteiger partial charge in [-0.25, -0.2) is 0 Å². The lowest BCUT2D eigenvalue weighted by Crippen LogP contribution is -2.28. The fourth-order valence-electron chi connectivity index (χ4n) is 10.9. The van der Waals surface area contributed by atoms with Crippen LogP contribution in [0.3, 0.4) is 0 Å². The van der Waals surface area contributed by atoms with Gasteiger partial charge in [-0.1, -0.05) is 189 Å². The van der Waals surface area contributed by atoms with Crippen LogP contribution in [0.2, 0.25) is 0 Å². The molecule has 2 aliphatic carbocycles. The first kappa shape index (κ1) is 36.1. The van der Waals surface area contributed by atoms with E-state index < -0.39 is 5.41 Å². The maximum Gasteiger partial charge on any atom is 0.0714 e. The summed E-state index contributed by atoms with van der Waals surface area (Å²) < 4.78 is 2.70. The molecule has 0 unspecified atom stereocenters. The van der Waals surface area contributed by atoms with E-state index in [-0.39, 0.29) is 0 Å². The van der Waals surface area contributed by atoms with Crippen LogP contribution in [0.5, 0.6) is 0 Å². The van der Waals surface area contributed by atoms with Crippen LogP contribution in [0.25, 0.3) is 53.2 Å². The van der Waals surface area contributed by atoms with Crippen LogP contribution in [0.1, 0.15) is 65.8 Å². The molecule has 0 spiro atoms. The second-order valence-electron chi connectivity index (χ2n) is 17.0. The highest BCUT2D eigenvalue weighted by Gasteiger charge is 2.46. The van der Waals surface area contributed by atoms with Crippen LogP contribution in [-0.4, -0.2) is 0 Å². The lowest BCUT2D eigenvalue weighted by Gasteiger charge is -2.35. The molecule has 0 amide bonds. The summed E-state index contributed by atoms with van der Waals surface area (Å²) in [5.74, 6) is 0.654. The smallest absolute Gasteiger partial charge is 0.0714 e. The van der Waals surface area contributed by atoms with Crippen molar-refractivity contribution in [3.05, 3.63) is 234 Å². The molecule has 0 bridgehead atoms. The Morgan fingerprint density at radius 3 is 1.75 bits per heavy atom. The second kappa shape index (κ2) is 14.8. The van der Waals surface area contributed by atoms with Gasteiger partial charge in [0.1, 0.15) is 0 Å². The molecule has 1 aromatic heterocycles. The average Bonchev–Trinajstić information content (AvgIpc) is 3.87.